The molecule has 12 nitrogen and oxygen atoms in total. The monoisotopic (exact) mass is 540 g/mol. The van der Waals surface area contributed by atoms with Gasteiger partial charge in [-0.25, -0.2) is 4.79 Å². The fraction of sp³-hybridized carbons (Fsp3) is 0.880. The molecule has 12 heteroatoms. The number of carbonyl (C=O) groups excluding carboxylic acids is 1. The van der Waals surface area contributed by atoms with Gasteiger partial charge in [0, 0.05) is 5.57 Å². The highest BCUT2D eigenvalue weighted by Gasteiger charge is 2.03. The predicted molar refractivity (Wildman–Crippen MR) is 135 cm³/mol. The zero-order chi connectivity index (χ0) is 27.1. The number of hydrogen-bond donors (Lipinski definition) is 1. The minimum absolute atomic E-state index is 0.0235. The van der Waals surface area contributed by atoms with Crippen molar-refractivity contribution >= 4 is 5.97 Å². The SMILES string of the molecule is CC=C(C)C(=O)OCCOCCOCCOCCOCCOCCOCCOCCOCCOCCO. The van der Waals surface area contributed by atoms with Crippen LogP contribution < -0.4 is 0 Å². The molecule has 0 aliphatic carbocycles. The molecule has 0 aromatic heterocycles. The van der Waals surface area contributed by atoms with Gasteiger partial charge in [-0.2, -0.15) is 0 Å². The zero-order valence-electron chi connectivity index (χ0n) is 22.7. The Hall–Kier alpha value is -1.19. The van der Waals surface area contributed by atoms with Gasteiger partial charge in [-0.05, 0) is 13.8 Å². The van der Waals surface area contributed by atoms with Gasteiger partial charge >= 0.3 is 5.97 Å². The van der Waals surface area contributed by atoms with Crippen LogP contribution in [0, 0.1) is 0 Å². The van der Waals surface area contributed by atoms with Gasteiger partial charge in [-0.15, -0.1) is 0 Å². The summed E-state index contributed by atoms with van der Waals surface area (Å²) < 4.78 is 53.2. The molecule has 0 rings (SSSR count). The Morgan fingerprint density at radius 1 is 0.486 bits per heavy atom. The Balaban J connectivity index is 3.08. The topological polar surface area (TPSA) is 130 Å². The van der Waals surface area contributed by atoms with Crippen molar-refractivity contribution < 1.29 is 57.3 Å². The molecule has 0 bridgehead atoms. The van der Waals surface area contributed by atoms with Crippen LogP contribution >= 0.6 is 0 Å². The van der Waals surface area contributed by atoms with E-state index in [1.165, 1.54) is 0 Å². The number of esters is 1. The zero-order valence-corrected chi connectivity index (χ0v) is 22.7. The van der Waals surface area contributed by atoms with Gasteiger partial charge in [0.1, 0.15) is 6.61 Å². The van der Waals surface area contributed by atoms with Crippen LogP contribution in [0.15, 0.2) is 11.6 Å². The van der Waals surface area contributed by atoms with Crippen molar-refractivity contribution in [1.29, 1.82) is 0 Å². The van der Waals surface area contributed by atoms with Gasteiger partial charge in [0.05, 0.1) is 126 Å². The Morgan fingerprint density at radius 2 is 0.730 bits per heavy atom. The maximum absolute atomic E-state index is 11.4. The smallest absolute Gasteiger partial charge is 0.333 e. The Morgan fingerprint density at radius 3 is 0.973 bits per heavy atom. The number of aliphatic hydroxyl groups excluding tert-OH is 1. The predicted octanol–water partition coefficient (Wildman–Crippen LogP) is 0.638. The second kappa shape index (κ2) is 31.0. The van der Waals surface area contributed by atoms with Crippen LogP contribution in [0.25, 0.3) is 0 Å². The molecule has 0 radical (unpaired) electrons. The molecule has 0 fully saturated rings. The second-order valence-electron chi connectivity index (χ2n) is 7.34. The number of ether oxygens (including phenoxy) is 10. The van der Waals surface area contributed by atoms with E-state index in [2.05, 4.69) is 0 Å². The lowest BCUT2D eigenvalue weighted by molar-refractivity contribution is -0.140. The van der Waals surface area contributed by atoms with E-state index in [9.17, 15) is 4.79 Å². The molecule has 0 heterocycles. The van der Waals surface area contributed by atoms with Crippen LogP contribution in [0.1, 0.15) is 13.8 Å². The molecule has 0 aliphatic heterocycles. The number of allylic oxidation sites excluding steroid dienone is 1. The third-order valence-corrected chi connectivity index (χ3v) is 4.43. The minimum atomic E-state index is -0.323. The third-order valence-electron chi connectivity index (χ3n) is 4.43. The van der Waals surface area contributed by atoms with Crippen LogP contribution in [0.3, 0.4) is 0 Å². The quantitative estimate of drug-likeness (QED) is 0.0779. The number of aliphatic hydroxyl groups is 1. The van der Waals surface area contributed by atoms with E-state index >= 15 is 0 Å². The molecule has 0 aliphatic rings. The van der Waals surface area contributed by atoms with E-state index in [0.717, 1.165) is 0 Å². The molecule has 0 atom stereocenters. The van der Waals surface area contributed by atoms with Gasteiger partial charge in [0.15, 0.2) is 0 Å². The fourth-order valence-corrected chi connectivity index (χ4v) is 2.35. The highest BCUT2D eigenvalue weighted by atomic mass is 16.6. The van der Waals surface area contributed by atoms with Crippen molar-refractivity contribution in [3.8, 4) is 0 Å². The average Bonchev–Trinajstić information content (AvgIpc) is 2.91. The summed E-state index contributed by atoms with van der Waals surface area (Å²) in [6.07, 6.45) is 1.71. The maximum Gasteiger partial charge on any atom is 0.333 e. The molecule has 0 amide bonds. The van der Waals surface area contributed by atoms with E-state index in [1.807, 2.05) is 0 Å². The maximum atomic E-state index is 11.4. The summed E-state index contributed by atoms with van der Waals surface area (Å²) in [6, 6.07) is 0. The standard InChI is InChI=1S/C25H48O12/c1-3-24(2)25(27)37-23-22-36-21-20-35-19-18-34-17-16-33-15-14-32-13-12-31-11-10-30-9-8-29-7-6-28-5-4-26/h3,26H,4-23H2,1-2H3. The van der Waals surface area contributed by atoms with Gasteiger partial charge in [-0.1, -0.05) is 6.08 Å². The highest BCUT2D eigenvalue weighted by molar-refractivity contribution is 5.87. The molecule has 0 aromatic rings. The summed E-state index contributed by atoms with van der Waals surface area (Å²) in [4.78, 5) is 11.4. The molecular formula is C25H48O12. The summed E-state index contributed by atoms with van der Waals surface area (Å²) in [5, 5.41) is 8.55. The molecule has 37 heavy (non-hydrogen) atoms. The molecule has 0 spiro atoms. The molecule has 0 saturated carbocycles. The molecule has 0 aromatic carbocycles. The van der Waals surface area contributed by atoms with Crippen molar-refractivity contribution in [3.63, 3.8) is 0 Å². The number of carbonyl (C=O) groups is 1. The van der Waals surface area contributed by atoms with Crippen molar-refractivity contribution in [2.45, 2.75) is 13.8 Å². The molecule has 0 unspecified atom stereocenters. The lowest BCUT2D eigenvalue weighted by Crippen LogP contribution is -2.15. The molecule has 1 N–H and O–H groups in total. The summed E-state index contributed by atoms with van der Waals surface area (Å²) >= 11 is 0. The third kappa shape index (κ3) is 29.2. The van der Waals surface area contributed by atoms with Crippen molar-refractivity contribution in [1.82, 2.24) is 0 Å². The van der Waals surface area contributed by atoms with Crippen molar-refractivity contribution in [2.24, 2.45) is 0 Å². The number of rotatable bonds is 30. The van der Waals surface area contributed by atoms with Crippen molar-refractivity contribution in [3.05, 3.63) is 11.6 Å². The summed E-state index contributed by atoms with van der Waals surface area (Å²) in [6.45, 7) is 12.2. The lowest BCUT2D eigenvalue weighted by Gasteiger charge is -2.09. The fourth-order valence-electron chi connectivity index (χ4n) is 2.35. The molecular weight excluding hydrogens is 492 g/mol. The second-order valence-corrected chi connectivity index (χ2v) is 7.34. The van der Waals surface area contributed by atoms with E-state index in [4.69, 9.17) is 52.5 Å². The summed E-state index contributed by atoms with van der Waals surface area (Å²) in [7, 11) is 0. The van der Waals surface area contributed by atoms with Crippen LogP contribution in [-0.4, -0.2) is 143 Å². The average molecular weight is 541 g/mol. The first-order valence-corrected chi connectivity index (χ1v) is 12.8. The normalized spacial score (nSPS) is 11.8. The molecule has 0 saturated heterocycles. The Bertz CT molecular complexity index is 504. The van der Waals surface area contributed by atoms with Gasteiger partial charge < -0.3 is 52.5 Å². The first-order valence-electron chi connectivity index (χ1n) is 12.8. The highest BCUT2D eigenvalue weighted by Crippen LogP contribution is 1.95. The van der Waals surface area contributed by atoms with Crippen LogP contribution in [0.5, 0.6) is 0 Å². The Labute approximate surface area is 221 Å². The van der Waals surface area contributed by atoms with E-state index in [0.29, 0.717) is 124 Å². The van der Waals surface area contributed by atoms with Gasteiger partial charge in [-0.3, -0.25) is 0 Å². The van der Waals surface area contributed by atoms with Gasteiger partial charge in [0.2, 0.25) is 0 Å². The summed E-state index contributed by atoms with van der Waals surface area (Å²) in [5.74, 6) is -0.323. The first-order chi connectivity index (χ1) is 18.2. The van der Waals surface area contributed by atoms with Gasteiger partial charge in [0.25, 0.3) is 0 Å². The first kappa shape index (κ1) is 35.8. The van der Waals surface area contributed by atoms with E-state index in [1.54, 1.807) is 19.9 Å². The minimum Gasteiger partial charge on any atom is -0.460 e. The summed E-state index contributed by atoms with van der Waals surface area (Å²) in [5.41, 5.74) is 0.583. The molecule has 220 valence electrons. The lowest BCUT2D eigenvalue weighted by atomic mass is 10.3. The van der Waals surface area contributed by atoms with E-state index in [-0.39, 0.29) is 19.2 Å². The van der Waals surface area contributed by atoms with E-state index < -0.39 is 0 Å². The Kier molecular flexibility index (Phi) is 30.0. The van der Waals surface area contributed by atoms with Crippen molar-refractivity contribution in [2.75, 3.05) is 132 Å². The largest absolute Gasteiger partial charge is 0.460 e. The van der Waals surface area contributed by atoms with Crippen LogP contribution in [0.2, 0.25) is 0 Å². The van der Waals surface area contributed by atoms with Crippen LogP contribution in [-0.2, 0) is 52.2 Å². The number of hydrogen-bond acceptors (Lipinski definition) is 12. The van der Waals surface area contributed by atoms with Crippen LogP contribution in [0.4, 0.5) is 0 Å².